The summed E-state index contributed by atoms with van der Waals surface area (Å²) in [5, 5.41) is 19.4. The topological polar surface area (TPSA) is 77.4 Å². The van der Waals surface area contributed by atoms with Gasteiger partial charge in [0.2, 0.25) is 0 Å². The van der Waals surface area contributed by atoms with E-state index in [9.17, 15) is 4.39 Å². The number of anilines is 1. The fourth-order valence-corrected chi connectivity index (χ4v) is 3.20. The van der Waals surface area contributed by atoms with E-state index in [1.165, 1.54) is 6.07 Å². The van der Waals surface area contributed by atoms with Crippen molar-refractivity contribution in [3.63, 3.8) is 0 Å². The van der Waals surface area contributed by atoms with Gasteiger partial charge in [0.15, 0.2) is 0 Å². The van der Waals surface area contributed by atoms with Crippen molar-refractivity contribution in [2.45, 2.75) is 13.5 Å². The smallest absolute Gasteiger partial charge is 0.132 e. The standard InChI is InChI=1S/C23H18FN5/c1-15-10-16(13-25)6-7-19(15)17-8-9-26-23(11-17)27-14-18-12-22(29-28-18)20-4-2-3-5-21(20)24/h2-12H,14H2,1H3,(H,26,27)(H,28,29). The molecule has 0 aliphatic heterocycles. The Balaban J connectivity index is 1.50. The van der Waals surface area contributed by atoms with E-state index >= 15 is 0 Å². The highest BCUT2D eigenvalue weighted by molar-refractivity contribution is 5.70. The predicted molar refractivity (Wildman–Crippen MR) is 110 cm³/mol. The fraction of sp³-hybridized carbons (Fsp3) is 0.0870. The average Bonchev–Trinajstić information content (AvgIpc) is 3.21. The molecule has 0 saturated carbocycles. The van der Waals surface area contributed by atoms with Crippen molar-refractivity contribution in [1.29, 1.82) is 5.26 Å². The lowest BCUT2D eigenvalue weighted by Gasteiger charge is -2.09. The van der Waals surface area contributed by atoms with Gasteiger partial charge in [0.05, 0.1) is 29.6 Å². The quantitative estimate of drug-likeness (QED) is 0.504. The lowest BCUT2D eigenvalue weighted by Crippen LogP contribution is -2.01. The summed E-state index contributed by atoms with van der Waals surface area (Å²) in [4.78, 5) is 4.36. The van der Waals surface area contributed by atoms with Crippen LogP contribution in [-0.4, -0.2) is 15.2 Å². The van der Waals surface area contributed by atoms with Gasteiger partial charge in [-0.25, -0.2) is 9.37 Å². The first-order valence-electron chi connectivity index (χ1n) is 9.14. The maximum Gasteiger partial charge on any atom is 0.132 e. The second-order valence-corrected chi connectivity index (χ2v) is 6.68. The van der Waals surface area contributed by atoms with E-state index in [4.69, 9.17) is 5.26 Å². The minimum Gasteiger partial charge on any atom is -0.364 e. The van der Waals surface area contributed by atoms with Crippen LogP contribution in [0.2, 0.25) is 0 Å². The van der Waals surface area contributed by atoms with Crippen LogP contribution in [0.4, 0.5) is 10.2 Å². The van der Waals surface area contributed by atoms with Gasteiger partial charge >= 0.3 is 0 Å². The lowest BCUT2D eigenvalue weighted by atomic mass is 9.99. The molecule has 6 heteroatoms. The van der Waals surface area contributed by atoms with Crippen LogP contribution < -0.4 is 5.32 Å². The van der Waals surface area contributed by atoms with E-state index in [1.54, 1.807) is 24.4 Å². The fourth-order valence-electron chi connectivity index (χ4n) is 3.20. The zero-order valence-electron chi connectivity index (χ0n) is 15.8. The molecule has 0 bridgehead atoms. The van der Waals surface area contributed by atoms with Crippen molar-refractivity contribution in [2.75, 3.05) is 5.32 Å². The summed E-state index contributed by atoms with van der Waals surface area (Å²) >= 11 is 0. The number of benzene rings is 2. The number of aromatic amines is 1. The highest BCUT2D eigenvalue weighted by atomic mass is 19.1. The molecule has 4 rings (SSSR count). The van der Waals surface area contributed by atoms with E-state index in [0.29, 0.717) is 29.2 Å². The Morgan fingerprint density at radius 1 is 1.07 bits per heavy atom. The molecule has 29 heavy (non-hydrogen) atoms. The van der Waals surface area contributed by atoms with Crippen LogP contribution in [0.5, 0.6) is 0 Å². The van der Waals surface area contributed by atoms with Gasteiger partial charge in [0.25, 0.3) is 0 Å². The summed E-state index contributed by atoms with van der Waals surface area (Å²) in [6.07, 6.45) is 1.74. The highest BCUT2D eigenvalue weighted by Gasteiger charge is 2.09. The molecule has 2 aromatic carbocycles. The number of hydrogen-bond donors (Lipinski definition) is 2. The van der Waals surface area contributed by atoms with Crippen molar-refractivity contribution in [1.82, 2.24) is 15.2 Å². The van der Waals surface area contributed by atoms with Crippen LogP contribution in [0, 0.1) is 24.1 Å². The SMILES string of the molecule is Cc1cc(C#N)ccc1-c1ccnc(NCc2cc(-c3ccccc3F)n[nH]2)c1. The molecular formula is C23H18FN5. The first kappa shape index (κ1) is 18.4. The zero-order valence-corrected chi connectivity index (χ0v) is 15.8. The molecule has 0 spiro atoms. The largest absolute Gasteiger partial charge is 0.364 e. The summed E-state index contributed by atoms with van der Waals surface area (Å²) in [6, 6.07) is 20.1. The molecule has 2 heterocycles. The van der Waals surface area contributed by atoms with Gasteiger partial charge in [0, 0.05) is 11.8 Å². The molecule has 0 amide bonds. The van der Waals surface area contributed by atoms with E-state index < -0.39 is 0 Å². The number of aryl methyl sites for hydroxylation is 1. The number of nitrogens with zero attached hydrogens (tertiary/aromatic N) is 3. The summed E-state index contributed by atoms with van der Waals surface area (Å²) < 4.78 is 13.9. The average molecular weight is 383 g/mol. The number of aromatic nitrogens is 3. The highest BCUT2D eigenvalue weighted by Crippen LogP contribution is 2.26. The first-order chi connectivity index (χ1) is 14.1. The molecule has 142 valence electrons. The third-order valence-electron chi connectivity index (χ3n) is 4.67. The van der Waals surface area contributed by atoms with Crippen molar-refractivity contribution >= 4 is 5.82 Å². The number of nitrogens with one attached hydrogen (secondary N) is 2. The van der Waals surface area contributed by atoms with Crippen molar-refractivity contribution in [3.8, 4) is 28.5 Å². The molecule has 0 aliphatic rings. The molecule has 0 radical (unpaired) electrons. The van der Waals surface area contributed by atoms with Crippen LogP contribution in [0.3, 0.4) is 0 Å². The molecule has 0 fully saturated rings. The zero-order chi connectivity index (χ0) is 20.2. The number of H-pyrrole nitrogens is 1. The van der Waals surface area contributed by atoms with E-state index in [2.05, 4.69) is 26.6 Å². The molecule has 4 aromatic rings. The minimum atomic E-state index is -0.300. The predicted octanol–water partition coefficient (Wildman–Crippen LogP) is 5.07. The molecular weight excluding hydrogens is 365 g/mol. The van der Waals surface area contributed by atoms with E-state index in [1.807, 2.05) is 43.3 Å². The lowest BCUT2D eigenvalue weighted by molar-refractivity contribution is 0.630. The summed E-state index contributed by atoms with van der Waals surface area (Å²) in [5.74, 6) is 0.416. The Morgan fingerprint density at radius 2 is 1.93 bits per heavy atom. The van der Waals surface area contributed by atoms with E-state index in [-0.39, 0.29) is 5.82 Å². The monoisotopic (exact) mass is 383 g/mol. The summed E-state index contributed by atoms with van der Waals surface area (Å²) in [5.41, 5.74) is 5.60. The van der Waals surface area contributed by atoms with Crippen LogP contribution in [0.25, 0.3) is 22.4 Å². The van der Waals surface area contributed by atoms with Crippen LogP contribution in [0.1, 0.15) is 16.8 Å². The molecule has 5 nitrogen and oxygen atoms in total. The molecule has 0 saturated heterocycles. The normalized spacial score (nSPS) is 10.5. The molecule has 0 unspecified atom stereocenters. The van der Waals surface area contributed by atoms with Gasteiger partial charge < -0.3 is 5.32 Å². The Kier molecular flexibility index (Phi) is 5.04. The number of rotatable bonds is 5. The number of halogens is 1. The Labute approximate surface area is 167 Å². The molecule has 2 N–H and O–H groups in total. The van der Waals surface area contributed by atoms with Gasteiger partial charge in [-0.2, -0.15) is 10.4 Å². The summed E-state index contributed by atoms with van der Waals surface area (Å²) in [7, 11) is 0. The van der Waals surface area contributed by atoms with E-state index in [0.717, 1.165) is 22.4 Å². The Bertz CT molecular complexity index is 1210. The number of pyridine rings is 1. The second-order valence-electron chi connectivity index (χ2n) is 6.68. The third-order valence-corrected chi connectivity index (χ3v) is 4.67. The Morgan fingerprint density at radius 3 is 2.72 bits per heavy atom. The van der Waals surface area contributed by atoms with Crippen molar-refractivity contribution in [2.24, 2.45) is 0 Å². The summed E-state index contributed by atoms with van der Waals surface area (Å²) in [6.45, 7) is 2.46. The maximum absolute atomic E-state index is 13.9. The molecule has 0 atom stereocenters. The van der Waals surface area contributed by atoms with Gasteiger partial charge in [-0.05, 0) is 66.1 Å². The number of nitriles is 1. The van der Waals surface area contributed by atoms with Crippen LogP contribution in [0.15, 0.2) is 66.9 Å². The minimum absolute atomic E-state index is 0.300. The molecule has 2 aromatic heterocycles. The van der Waals surface area contributed by atoms with Crippen LogP contribution >= 0.6 is 0 Å². The number of hydrogen-bond acceptors (Lipinski definition) is 4. The van der Waals surface area contributed by atoms with Crippen LogP contribution in [-0.2, 0) is 6.54 Å². The molecule has 0 aliphatic carbocycles. The van der Waals surface area contributed by atoms with Gasteiger partial charge in [-0.3, -0.25) is 5.10 Å². The van der Waals surface area contributed by atoms with Crippen molar-refractivity contribution < 1.29 is 4.39 Å². The second kappa shape index (κ2) is 7.95. The van der Waals surface area contributed by atoms with Gasteiger partial charge in [-0.1, -0.05) is 18.2 Å². The Hall–Kier alpha value is -3.98. The van der Waals surface area contributed by atoms with Gasteiger partial charge in [0.1, 0.15) is 11.6 Å². The first-order valence-corrected chi connectivity index (χ1v) is 9.14. The van der Waals surface area contributed by atoms with Gasteiger partial charge in [-0.15, -0.1) is 0 Å². The van der Waals surface area contributed by atoms with Crippen molar-refractivity contribution in [3.05, 3.63) is 89.5 Å². The maximum atomic E-state index is 13.9. The third kappa shape index (κ3) is 3.99.